The lowest BCUT2D eigenvalue weighted by atomic mass is 9.97. The van der Waals surface area contributed by atoms with E-state index in [2.05, 4.69) is 4.98 Å². The Kier molecular flexibility index (Phi) is 4.56. The monoisotopic (exact) mass is 475 g/mol. The van der Waals surface area contributed by atoms with Crippen molar-refractivity contribution in [1.29, 1.82) is 0 Å². The molecule has 6 rings (SSSR count). The number of aromatic carboxylic acids is 1. The standard InChI is InChI=1S/C24H16N2O5S2/c27-20-19-15-6-1-2-7-17(15)32-22(19)26-21(28)18(33-24(26)25-20)11-14-8-9-16(31-14)12-4-3-5-13(10-12)23(29)30/h3-5,8-11H,1-2,6-7H2,(H,29,30)/p-1. The summed E-state index contributed by atoms with van der Waals surface area (Å²) in [6.45, 7) is 0. The summed E-state index contributed by atoms with van der Waals surface area (Å²) in [7, 11) is 0. The third-order valence-corrected chi connectivity index (χ3v) is 8.10. The molecule has 0 bridgehead atoms. The van der Waals surface area contributed by atoms with Crippen molar-refractivity contribution in [2.75, 3.05) is 0 Å². The molecule has 1 aromatic carbocycles. The fraction of sp³-hybridized carbons (Fsp3) is 0.167. The number of aryl methyl sites for hydroxylation is 2. The molecule has 33 heavy (non-hydrogen) atoms. The lowest BCUT2D eigenvalue weighted by molar-refractivity contribution is -0.255. The number of carbonyl (C=O) groups excluding carboxylic acids is 1. The molecular weight excluding hydrogens is 460 g/mol. The topological polar surface area (TPSA) is 105 Å². The molecule has 0 saturated heterocycles. The van der Waals surface area contributed by atoms with E-state index in [0.717, 1.165) is 42.6 Å². The van der Waals surface area contributed by atoms with E-state index >= 15 is 0 Å². The van der Waals surface area contributed by atoms with E-state index in [-0.39, 0.29) is 16.7 Å². The summed E-state index contributed by atoms with van der Waals surface area (Å²) in [6, 6.07) is 9.70. The number of carboxylic acids is 1. The first-order valence-electron chi connectivity index (χ1n) is 10.4. The minimum atomic E-state index is -1.26. The smallest absolute Gasteiger partial charge is 0.282 e. The average Bonchev–Trinajstić information content (AvgIpc) is 3.50. The molecular formula is C24H15N2O5S2-. The quantitative estimate of drug-likeness (QED) is 0.397. The van der Waals surface area contributed by atoms with Crippen LogP contribution in [-0.4, -0.2) is 15.4 Å². The molecule has 4 aromatic heterocycles. The highest BCUT2D eigenvalue weighted by Crippen LogP contribution is 2.34. The van der Waals surface area contributed by atoms with Gasteiger partial charge in [0.05, 0.1) is 11.4 Å². The molecule has 1 aliphatic rings. The zero-order valence-electron chi connectivity index (χ0n) is 17.1. The van der Waals surface area contributed by atoms with Gasteiger partial charge in [-0.15, -0.1) is 11.3 Å². The van der Waals surface area contributed by atoms with Gasteiger partial charge in [-0.25, -0.2) is 4.40 Å². The molecule has 0 aliphatic heterocycles. The average molecular weight is 476 g/mol. The van der Waals surface area contributed by atoms with Crippen molar-refractivity contribution in [3.63, 3.8) is 0 Å². The van der Waals surface area contributed by atoms with E-state index in [1.807, 2.05) is 0 Å². The number of carboxylic acid groups (broad SMARTS) is 1. The maximum absolute atomic E-state index is 13.3. The summed E-state index contributed by atoms with van der Waals surface area (Å²) in [5.41, 5.74) is 1.19. The maximum Gasteiger partial charge on any atom is 0.282 e. The molecule has 1 aliphatic carbocycles. The van der Waals surface area contributed by atoms with Crippen LogP contribution < -0.4 is 20.8 Å². The van der Waals surface area contributed by atoms with Crippen LogP contribution in [-0.2, 0) is 12.8 Å². The Morgan fingerprint density at radius 3 is 2.82 bits per heavy atom. The van der Waals surface area contributed by atoms with Crippen molar-refractivity contribution in [3.8, 4) is 11.3 Å². The highest BCUT2D eigenvalue weighted by atomic mass is 32.1. The third-order valence-electron chi connectivity index (χ3n) is 5.86. The van der Waals surface area contributed by atoms with E-state index in [1.165, 1.54) is 28.3 Å². The van der Waals surface area contributed by atoms with E-state index in [9.17, 15) is 19.5 Å². The number of benzene rings is 1. The van der Waals surface area contributed by atoms with Crippen LogP contribution >= 0.6 is 22.7 Å². The predicted octanol–water partition coefficient (Wildman–Crippen LogP) is 2.38. The summed E-state index contributed by atoms with van der Waals surface area (Å²) in [5, 5.41) is 11.7. The van der Waals surface area contributed by atoms with E-state index in [1.54, 1.807) is 34.7 Å². The molecule has 164 valence electrons. The van der Waals surface area contributed by atoms with Crippen LogP contribution in [0, 0.1) is 0 Å². The van der Waals surface area contributed by atoms with Crippen molar-refractivity contribution in [2.45, 2.75) is 25.7 Å². The zero-order valence-corrected chi connectivity index (χ0v) is 18.8. The number of carbonyl (C=O) groups is 1. The zero-order chi connectivity index (χ0) is 22.7. The van der Waals surface area contributed by atoms with Crippen LogP contribution in [0.5, 0.6) is 0 Å². The van der Waals surface area contributed by atoms with Crippen LogP contribution in [0.3, 0.4) is 0 Å². The summed E-state index contributed by atoms with van der Waals surface area (Å²) in [4.78, 5) is 43.6. The first-order valence-corrected chi connectivity index (χ1v) is 12.1. The van der Waals surface area contributed by atoms with E-state index in [0.29, 0.717) is 36.8 Å². The van der Waals surface area contributed by atoms with E-state index < -0.39 is 5.97 Å². The Hall–Kier alpha value is -3.56. The van der Waals surface area contributed by atoms with Gasteiger partial charge in [0.1, 0.15) is 20.9 Å². The Morgan fingerprint density at radius 1 is 1.12 bits per heavy atom. The molecule has 0 N–H and O–H groups in total. The molecule has 0 saturated carbocycles. The van der Waals surface area contributed by atoms with Crippen LogP contribution in [0.15, 0.2) is 50.4 Å². The predicted molar refractivity (Wildman–Crippen MR) is 125 cm³/mol. The van der Waals surface area contributed by atoms with Gasteiger partial charge in [-0.3, -0.25) is 9.59 Å². The number of nitrogens with zero attached hydrogens (tertiary/aromatic N) is 2. The molecule has 0 fully saturated rings. The number of aromatic nitrogens is 2. The molecule has 0 spiro atoms. The molecule has 0 unspecified atom stereocenters. The van der Waals surface area contributed by atoms with Gasteiger partial charge >= 0.3 is 0 Å². The van der Waals surface area contributed by atoms with Crippen molar-refractivity contribution in [3.05, 3.63) is 83.4 Å². The first-order chi connectivity index (χ1) is 16.0. The minimum absolute atomic E-state index is 0.0549. The van der Waals surface area contributed by atoms with Crippen molar-refractivity contribution < 1.29 is 14.3 Å². The molecule has 0 radical (unpaired) electrons. The van der Waals surface area contributed by atoms with Gasteiger partial charge in [-0.1, -0.05) is 29.5 Å². The Labute approximate surface area is 193 Å². The summed E-state index contributed by atoms with van der Waals surface area (Å²) >= 11 is 2.67. The van der Waals surface area contributed by atoms with Crippen LogP contribution in [0.4, 0.5) is 0 Å². The molecule has 5 aromatic rings. The Bertz CT molecular complexity index is 1760. The Morgan fingerprint density at radius 2 is 1.97 bits per heavy atom. The molecule has 0 atom stereocenters. The highest BCUT2D eigenvalue weighted by molar-refractivity contribution is 7.19. The van der Waals surface area contributed by atoms with Gasteiger partial charge in [0.2, 0.25) is 4.96 Å². The fourth-order valence-corrected chi connectivity index (χ4v) is 6.70. The third kappa shape index (κ3) is 3.23. The minimum Gasteiger partial charge on any atom is -0.545 e. The van der Waals surface area contributed by atoms with Gasteiger partial charge in [0.25, 0.3) is 11.1 Å². The molecule has 0 amide bonds. The largest absolute Gasteiger partial charge is 0.545 e. The first kappa shape index (κ1) is 20.1. The number of fused-ring (bicyclic) bond motifs is 5. The number of rotatable bonds is 3. The summed E-state index contributed by atoms with van der Waals surface area (Å²) in [5.74, 6) is -0.351. The summed E-state index contributed by atoms with van der Waals surface area (Å²) < 4.78 is 7.80. The number of hydrogen-bond donors (Lipinski definition) is 0. The van der Waals surface area contributed by atoms with Gasteiger partial charge in [0.15, 0.2) is 0 Å². The van der Waals surface area contributed by atoms with Crippen LogP contribution in [0.2, 0.25) is 0 Å². The van der Waals surface area contributed by atoms with Gasteiger partial charge in [-0.2, -0.15) is 4.98 Å². The molecule has 9 heteroatoms. The number of hydrogen-bond acceptors (Lipinski definition) is 8. The maximum atomic E-state index is 13.3. The van der Waals surface area contributed by atoms with Gasteiger partial charge in [-0.05, 0) is 55.0 Å². The second kappa shape index (κ2) is 7.50. The van der Waals surface area contributed by atoms with Gasteiger partial charge in [0, 0.05) is 16.5 Å². The number of furan rings is 1. The molecule has 7 nitrogen and oxygen atoms in total. The highest BCUT2D eigenvalue weighted by Gasteiger charge is 2.22. The van der Waals surface area contributed by atoms with Crippen molar-refractivity contribution >= 4 is 49.9 Å². The lowest BCUT2D eigenvalue weighted by Crippen LogP contribution is -2.24. The van der Waals surface area contributed by atoms with Crippen molar-refractivity contribution in [1.82, 2.24) is 9.38 Å². The van der Waals surface area contributed by atoms with Crippen LogP contribution in [0.1, 0.15) is 39.4 Å². The number of thiazole rings is 1. The van der Waals surface area contributed by atoms with E-state index in [4.69, 9.17) is 4.42 Å². The fourth-order valence-electron chi connectivity index (χ4n) is 4.31. The van der Waals surface area contributed by atoms with Gasteiger partial charge < -0.3 is 14.3 Å². The SMILES string of the molecule is O=C([O-])c1cccc(-c2ccc(C=c3sc4nc(=O)c5c6c(sc5n4c3=O)CCCC6)o2)c1. The second-order valence-corrected chi connectivity index (χ2v) is 10.0. The lowest BCUT2D eigenvalue weighted by Gasteiger charge is -2.09. The number of thiophene rings is 1. The van der Waals surface area contributed by atoms with Crippen LogP contribution in [0.25, 0.3) is 32.6 Å². The second-order valence-electron chi connectivity index (χ2n) is 7.91. The van der Waals surface area contributed by atoms with Crippen molar-refractivity contribution in [2.24, 2.45) is 0 Å². The molecule has 4 heterocycles. The summed E-state index contributed by atoms with van der Waals surface area (Å²) in [6.07, 6.45) is 5.54. The normalized spacial score (nSPS) is 14.2. The Balaban J connectivity index is 1.49.